The Kier molecular flexibility index (Phi) is 4.28. The lowest BCUT2D eigenvalue weighted by molar-refractivity contribution is 0.0405. The van der Waals surface area contributed by atoms with Gasteiger partial charge in [0.1, 0.15) is 0 Å². The smallest absolute Gasteiger partial charge is 0.0595 e. The Bertz CT molecular complexity index is 493. The lowest BCUT2D eigenvalue weighted by Gasteiger charge is -2.43. The highest BCUT2D eigenvalue weighted by molar-refractivity contribution is 6.42. The first-order chi connectivity index (χ1) is 9.61. The molecule has 2 nitrogen and oxygen atoms in total. The molecule has 0 aromatic heterocycles. The molecule has 1 aromatic carbocycles. The summed E-state index contributed by atoms with van der Waals surface area (Å²) in [6.45, 7) is 0.812. The Morgan fingerprint density at radius 2 is 2.05 bits per heavy atom. The number of hydrogen-bond acceptors (Lipinski definition) is 2. The third-order valence-corrected chi connectivity index (χ3v) is 5.90. The summed E-state index contributed by atoms with van der Waals surface area (Å²) in [4.78, 5) is 2.55. The van der Waals surface area contributed by atoms with E-state index in [1.165, 1.54) is 24.8 Å². The van der Waals surface area contributed by atoms with E-state index >= 15 is 0 Å². The molecule has 2 fully saturated rings. The monoisotopic (exact) mass is 313 g/mol. The maximum absolute atomic E-state index is 6.20. The van der Waals surface area contributed by atoms with Gasteiger partial charge in [-0.25, -0.2) is 0 Å². The Labute approximate surface area is 131 Å². The van der Waals surface area contributed by atoms with Gasteiger partial charge in [-0.1, -0.05) is 29.3 Å². The van der Waals surface area contributed by atoms with E-state index in [2.05, 4.69) is 18.0 Å². The summed E-state index contributed by atoms with van der Waals surface area (Å²) < 4.78 is 5.50. The van der Waals surface area contributed by atoms with Crippen LogP contribution < -0.4 is 0 Å². The van der Waals surface area contributed by atoms with Gasteiger partial charge in [-0.2, -0.15) is 0 Å². The van der Waals surface area contributed by atoms with Crippen LogP contribution in [0.25, 0.3) is 0 Å². The van der Waals surface area contributed by atoms with E-state index in [1.807, 2.05) is 12.1 Å². The average Bonchev–Trinajstić information content (AvgIpc) is 2.67. The minimum atomic E-state index is 0.526. The SMILES string of the molecule is COC[C@H]1C(c2ccc(Cl)c(Cl)c2)CC2CCC1N2C. The Morgan fingerprint density at radius 3 is 2.75 bits per heavy atom. The molecule has 4 atom stereocenters. The molecule has 0 N–H and O–H groups in total. The first-order valence-corrected chi connectivity index (χ1v) is 8.03. The van der Waals surface area contributed by atoms with Gasteiger partial charge in [0.2, 0.25) is 0 Å². The van der Waals surface area contributed by atoms with Gasteiger partial charge in [-0.15, -0.1) is 0 Å². The summed E-state index contributed by atoms with van der Waals surface area (Å²) in [7, 11) is 4.06. The van der Waals surface area contributed by atoms with E-state index in [4.69, 9.17) is 27.9 Å². The van der Waals surface area contributed by atoms with Gasteiger partial charge in [0.05, 0.1) is 16.7 Å². The molecule has 3 rings (SSSR count). The van der Waals surface area contributed by atoms with E-state index in [-0.39, 0.29) is 0 Å². The van der Waals surface area contributed by atoms with Crippen molar-refractivity contribution >= 4 is 23.2 Å². The molecule has 0 amide bonds. The maximum atomic E-state index is 6.20. The van der Waals surface area contributed by atoms with E-state index < -0.39 is 0 Å². The normalized spacial score (nSPS) is 33.6. The Morgan fingerprint density at radius 1 is 1.25 bits per heavy atom. The highest BCUT2D eigenvalue weighted by Crippen LogP contribution is 2.46. The number of ether oxygens (including phenoxy) is 1. The van der Waals surface area contributed by atoms with Gasteiger partial charge in [0, 0.05) is 25.1 Å². The predicted molar refractivity (Wildman–Crippen MR) is 83.8 cm³/mol. The second-order valence-corrected chi connectivity index (χ2v) is 6.91. The number of methoxy groups -OCH3 is 1. The molecule has 0 aliphatic carbocycles. The van der Waals surface area contributed by atoms with Gasteiger partial charge in [-0.05, 0) is 49.9 Å². The highest BCUT2D eigenvalue weighted by Gasteiger charge is 2.45. The molecule has 2 saturated heterocycles. The fraction of sp³-hybridized carbons (Fsp3) is 0.625. The van der Waals surface area contributed by atoms with E-state index in [9.17, 15) is 0 Å². The van der Waals surface area contributed by atoms with Crippen LogP contribution in [-0.2, 0) is 4.74 Å². The van der Waals surface area contributed by atoms with Crippen LogP contribution in [0.3, 0.4) is 0 Å². The quantitative estimate of drug-likeness (QED) is 0.829. The number of nitrogens with zero attached hydrogens (tertiary/aromatic N) is 1. The number of fused-ring (bicyclic) bond motifs is 2. The number of halogens is 2. The molecule has 1 aromatic rings. The van der Waals surface area contributed by atoms with Crippen LogP contribution in [0.15, 0.2) is 18.2 Å². The third kappa shape index (κ3) is 2.48. The molecule has 2 heterocycles. The zero-order valence-corrected chi connectivity index (χ0v) is 13.5. The number of piperidine rings is 1. The second-order valence-electron chi connectivity index (χ2n) is 6.10. The van der Waals surface area contributed by atoms with Crippen molar-refractivity contribution in [3.63, 3.8) is 0 Å². The van der Waals surface area contributed by atoms with Crippen molar-refractivity contribution in [3.05, 3.63) is 33.8 Å². The van der Waals surface area contributed by atoms with Crippen LogP contribution in [0.2, 0.25) is 10.0 Å². The maximum Gasteiger partial charge on any atom is 0.0595 e. The first kappa shape index (κ1) is 14.6. The van der Waals surface area contributed by atoms with Crippen molar-refractivity contribution in [3.8, 4) is 0 Å². The summed E-state index contributed by atoms with van der Waals surface area (Å²) >= 11 is 12.2. The standard InChI is InChI=1S/C16H21Cl2NO/c1-19-11-4-6-16(19)13(9-20-2)12(8-11)10-3-5-14(17)15(18)7-10/h3,5,7,11-13,16H,4,6,8-9H2,1-2H3/t11?,12?,13-,16?/m0/s1. The molecule has 20 heavy (non-hydrogen) atoms. The fourth-order valence-corrected chi connectivity index (χ4v) is 4.43. The molecule has 2 aliphatic heterocycles. The van der Waals surface area contributed by atoms with Crippen LogP contribution in [-0.4, -0.2) is 37.7 Å². The van der Waals surface area contributed by atoms with Crippen LogP contribution in [0.5, 0.6) is 0 Å². The van der Waals surface area contributed by atoms with Crippen LogP contribution in [0, 0.1) is 5.92 Å². The minimum Gasteiger partial charge on any atom is -0.384 e. The summed E-state index contributed by atoms with van der Waals surface area (Å²) in [6, 6.07) is 7.43. The van der Waals surface area contributed by atoms with Crippen molar-refractivity contribution < 1.29 is 4.74 Å². The summed E-state index contributed by atoms with van der Waals surface area (Å²) in [6.07, 6.45) is 3.78. The number of hydrogen-bond donors (Lipinski definition) is 0. The minimum absolute atomic E-state index is 0.526. The van der Waals surface area contributed by atoms with Crippen molar-refractivity contribution in [1.82, 2.24) is 4.90 Å². The fourth-order valence-electron chi connectivity index (χ4n) is 4.12. The summed E-state index contributed by atoms with van der Waals surface area (Å²) in [5.74, 6) is 1.07. The third-order valence-electron chi connectivity index (χ3n) is 5.16. The van der Waals surface area contributed by atoms with Gasteiger partial charge in [-0.3, -0.25) is 0 Å². The van der Waals surface area contributed by atoms with Crippen molar-refractivity contribution in [1.29, 1.82) is 0 Å². The van der Waals surface area contributed by atoms with E-state index in [0.717, 1.165) is 6.61 Å². The molecular formula is C16H21Cl2NO. The molecule has 2 bridgehead atoms. The molecular weight excluding hydrogens is 293 g/mol. The number of benzene rings is 1. The second kappa shape index (κ2) is 5.84. The van der Waals surface area contributed by atoms with E-state index in [1.54, 1.807) is 7.11 Å². The zero-order chi connectivity index (χ0) is 14.3. The first-order valence-electron chi connectivity index (χ1n) is 7.27. The average molecular weight is 314 g/mol. The van der Waals surface area contributed by atoms with Crippen LogP contribution in [0.4, 0.5) is 0 Å². The van der Waals surface area contributed by atoms with Crippen molar-refractivity contribution in [2.45, 2.75) is 37.3 Å². The molecule has 0 radical (unpaired) electrons. The van der Waals surface area contributed by atoms with Crippen molar-refractivity contribution in [2.24, 2.45) is 5.92 Å². The Hall–Kier alpha value is -0.280. The van der Waals surface area contributed by atoms with E-state index in [0.29, 0.717) is 34.0 Å². The molecule has 110 valence electrons. The van der Waals surface area contributed by atoms with Gasteiger partial charge in [0.15, 0.2) is 0 Å². The van der Waals surface area contributed by atoms with Crippen LogP contribution in [0.1, 0.15) is 30.7 Å². The molecule has 3 unspecified atom stereocenters. The summed E-state index contributed by atoms with van der Waals surface area (Å²) in [5.41, 5.74) is 1.31. The number of rotatable bonds is 3. The van der Waals surface area contributed by atoms with Crippen LogP contribution >= 0.6 is 23.2 Å². The Balaban J connectivity index is 1.92. The molecule has 4 heteroatoms. The molecule has 2 aliphatic rings. The lowest BCUT2D eigenvalue weighted by Crippen LogP contribution is -2.47. The van der Waals surface area contributed by atoms with Crippen molar-refractivity contribution in [2.75, 3.05) is 20.8 Å². The predicted octanol–water partition coefficient (Wildman–Crippen LogP) is 4.21. The lowest BCUT2D eigenvalue weighted by atomic mass is 9.76. The topological polar surface area (TPSA) is 12.5 Å². The molecule has 0 spiro atoms. The highest BCUT2D eigenvalue weighted by atomic mass is 35.5. The van der Waals surface area contributed by atoms with Gasteiger partial charge < -0.3 is 9.64 Å². The summed E-state index contributed by atoms with van der Waals surface area (Å²) in [5, 5.41) is 1.29. The zero-order valence-electron chi connectivity index (χ0n) is 12.0. The molecule has 0 saturated carbocycles. The largest absolute Gasteiger partial charge is 0.384 e. The van der Waals surface area contributed by atoms with Gasteiger partial charge in [0.25, 0.3) is 0 Å². The van der Waals surface area contributed by atoms with Gasteiger partial charge >= 0.3 is 0 Å².